The summed E-state index contributed by atoms with van der Waals surface area (Å²) in [5.74, 6) is 5.14. The van der Waals surface area contributed by atoms with Crippen LogP contribution in [-0.4, -0.2) is 41.7 Å². The molecule has 1 atom stereocenters. The highest BCUT2D eigenvalue weighted by atomic mass is 31.2. The number of benzene rings is 4. The van der Waals surface area contributed by atoms with Crippen LogP contribution in [0.3, 0.4) is 0 Å². The quantitative estimate of drug-likeness (QED) is 0.121. The summed E-state index contributed by atoms with van der Waals surface area (Å²) in [5, 5.41) is 0. The van der Waals surface area contributed by atoms with Crippen molar-refractivity contribution in [3.05, 3.63) is 82.4 Å². The number of rotatable bonds is 13. The molecule has 0 aliphatic carbocycles. The van der Waals surface area contributed by atoms with Gasteiger partial charge in [0.05, 0.1) is 41.7 Å². The fraction of sp³-hybridized carbons (Fsp3) is 0.520. The molecule has 0 N–H and O–H groups in total. The predicted octanol–water partition coefficient (Wildman–Crippen LogP) is 14.3. The van der Waals surface area contributed by atoms with Crippen molar-refractivity contribution in [2.45, 2.75) is 126 Å². The van der Waals surface area contributed by atoms with Gasteiger partial charge in [-0.05, 0) is 88.7 Å². The minimum Gasteiger partial charge on any atom is -0.497 e. The lowest BCUT2D eigenvalue weighted by Gasteiger charge is -2.34. The van der Waals surface area contributed by atoms with E-state index in [-0.39, 0.29) is 21.7 Å². The molecule has 0 spiro atoms. The second kappa shape index (κ2) is 18.6. The van der Waals surface area contributed by atoms with Gasteiger partial charge in [-0.15, -0.1) is 0 Å². The number of methoxy groups -OCH3 is 4. The van der Waals surface area contributed by atoms with Crippen molar-refractivity contribution in [1.29, 1.82) is 0 Å². The molecule has 1 unspecified atom stereocenters. The standard InChI is InChI=1S/C50H70O10P2/c1-31-22-33(52-17)26-39(47(5,6)7)43(31)58-62(57-42-21-20-32(51-16)25-38(42)46(2,3)4)60-45-37(24-35(54-19)28-41(45)49(11,12)13)36-23-34(53-18)27-40(48(8,9)10)44(36)59-61-55-29-50(14,15)30-56-61/h20-28H,29-30H2,1-19H3. The third kappa shape index (κ3) is 11.6. The molecule has 1 saturated heterocycles. The average molecular weight is 893 g/mol. The van der Waals surface area contributed by atoms with Gasteiger partial charge < -0.3 is 46.1 Å². The van der Waals surface area contributed by atoms with Crippen LogP contribution >= 0.6 is 17.2 Å². The van der Waals surface area contributed by atoms with Gasteiger partial charge in [-0.2, -0.15) is 0 Å². The number of ether oxygens (including phenoxy) is 4. The largest absolute Gasteiger partial charge is 0.530 e. The number of hydrogen-bond donors (Lipinski definition) is 0. The first-order chi connectivity index (χ1) is 28.7. The highest BCUT2D eigenvalue weighted by Gasteiger charge is 2.37. The Labute approximate surface area is 374 Å². The van der Waals surface area contributed by atoms with E-state index >= 15 is 0 Å². The molecule has 1 aliphatic rings. The highest BCUT2D eigenvalue weighted by molar-refractivity contribution is 7.43. The van der Waals surface area contributed by atoms with Crippen LogP contribution in [0.4, 0.5) is 0 Å². The Morgan fingerprint density at radius 3 is 1.37 bits per heavy atom. The molecule has 4 aromatic rings. The van der Waals surface area contributed by atoms with Gasteiger partial charge in [0.2, 0.25) is 0 Å². The first-order valence-corrected chi connectivity index (χ1v) is 23.3. The van der Waals surface area contributed by atoms with Gasteiger partial charge in [0.1, 0.15) is 46.0 Å². The van der Waals surface area contributed by atoms with Gasteiger partial charge in [0.15, 0.2) is 0 Å². The van der Waals surface area contributed by atoms with E-state index in [0.29, 0.717) is 58.8 Å². The molecule has 1 heterocycles. The Balaban J connectivity index is 1.85. The van der Waals surface area contributed by atoms with Crippen LogP contribution in [0.1, 0.15) is 125 Å². The van der Waals surface area contributed by atoms with E-state index in [1.807, 2.05) is 61.5 Å². The van der Waals surface area contributed by atoms with Crippen LogP contribution in [0.2, 0.25) is 0 Å². The maximum Gasteiger partial charge on any atom is 0.530 e. The molecule has 5 rings (SSSR count). The second-order valence-corrected chi connectivity index (χ2v) is 23.0. The molecule has 1 aliphatic heterocycles. The Hall–Kier alpha value is -3.94. The Morgan fingerprint density at radius 2 is 0.903 bits per heavy atom. The molecule has 0 saturated carbocycles. The summed E-state index contributed by atoms with van der Waals surface area (Å²) >= 11 is 0. The van der Waals surface area contributed by atoms with E-state index in [1.165, 1.54) is 0 Å². The van der Waals surface area contributed by atoms with Crippen molar-refractivity contribution in [3.8, 4) is 57.1 Å². The zero-order valence-electron chi connectivity index (χ0n) is 40.6. The van der Waals surface area contributed by atoms with Crippen LogP contribution in [0.25, 0.3) is 11.1 Å². The molecule has 0 radical (unpaired) electrons. The van der Waals surface area contributed by atoms with Gasteiger partial charge >= 0.3 is 17.2 Å². The molecule has 10 nitrogen and oxygen atoms in total. The van der Waals surface area contributed by atoms with Gasteiger partial charge in [-0.25, -0.2) is 0 Å². The first-order valence-electron chi connectivity index (χ1n) is 21.1. The van der Waals surface area contributed by atoms with E-state index < -0.39 is 22.6 Å². The maximum absolute atomic E-state index is 7.39. The Bertz CT molecular complexity index is 2200. The van der Waals surface area contributed by atoms with E-state index in [9.17, 15) is 0 Å². The minimum absolute atomic E-state index is 0.143. The van der Waals surface area contributed by atoms with Crippen LogP contribution in [-0.2, 0) is 30.7 Å². The van der Waals surface area contributed by atoms with Crippen LogP contribution < -0.4 is 37.0 Å². The first kappa shape index (κ1) is 49.1. The summed E-state index contributed by atoms with van der Waals surface area (Å²) in [4.78, 5) is 0. The zero-order valence-corrected chi connectivity index (χ0v) is 42.4. The molecule has 4 aromatic carbocycles. The summed E-state index contributed by atoms with van der Waals surface area (Å²) in [6, 6.07) is 17.8. The molecule has 62 heavy (non-hydrogen) atoms. The molecule has 340 valence electrons. The smallest absolute Gasteiger partial charge is 0.497 e. The van der Waals surface area contributed by atoms with E-state index in [0.717, 1.165) is 39.3 Å². The van der Waals surface area contributed by atoms with Gasteiger partial charge in [0.25, 0.3) is 0 Å². The lowest BCUT2D eigenvalue weighted by atomic mass is 9.81. The lowest BCUT2D eigenvalue weighted by Crippen LogP contribution is -2.29. The van der Waals surface area contributed by atoms with Crippen LogP contribution in [0, 0.1) is 12.3 Å². The molecule has 0 bridgehead atoms. The molecular weight excluding hydrogens is 822 g/mol. The fourth-order valence-corrected chi connectivity index (χ4v) is 9.54. The molecule has 12 heteroatoms. The minimum atomic E-state index is -2.26. The topological polar surface area (TPSA) is 92.3 Å². The summed E-state index contributed by atoms with van der Waals surface area (Å²) in [5.41, 5.74) is 4.28. The van der Waals surface area contributed by atoms with E-state index in [1.54, 1.807) is 28.4 Å². The molecule has 0 aromatic heterocycles. The maximum atomic E-state index is 7.39. The monoisotopic (exact) mass is 892 g/mol. The van der Waals surface area contributed by atoms with Crippen molar-refractivity contribution < 1.29 is 46.1 Å². The second-order valence-electron chi connectivity index (χ2n) is 20.8. The van der Waals surface area contributed by atoms with E-state index in [2.05, 4.69) is 96.9 Å². The number of aryl methyl sites for hydroxylation is 1. The van der Waals surface area contributed by atoms with Crippen molar-refractivity contribution in [2.24, 2.45) is 5.41 Å². The zero-order chi connectivity index (χ0) is 46.2. The third-order valence-corrected chi connectivity index (χ3v) is 12.6. The van der Waals surface area contributed by atoms with E-state index in [4.69, 9.17) is 46.1 Å². The molecular formula is C50H70O10P2. The van der Waals surface area contributed by atoms with Crippen molar-refractivity contribution >= 4 is 17.2 Å². The third-order valence-electron chi connectivity index (χ3n) is 10.6. The fourth-order valence-electron chi connectivity index (χ4n) is 6.94. The summed E-state index contributed by atoms with van der Waals surface area (Å²) in [7, 11) is 2.67. The molecule has 0 amide bonds. The van der Waals surface area contributed by atoms with Gasteiger partial charge in [-0.3, -0.25) is 0 Å². The van der Waals surface area contributed by atoms with Crippen LogP contribution in [0.5, 0.6) is 46.0 Å². The van der Waals surface area contributed by atoms with Crippen LogP contribution in [0.15, 0.2) is 54.6 Å². The predicted molar refractivity (Wildman–Crippen MR) is 253 cm³/mol. The Kier molecular flexibility index (Phi) is 14.8. The summed E-state index contributed by atoms with van der Waals surface area (Å²) in [6.45, 7) is 33.0. The van der Waals surface area contributed by atoms with Gasteiger partial charge in [-0.1, -0.05) is 96.9 Å². The molecule has 1 fully saturated rings. The van der Waals surface area contributed by atoms with Crippen molar-refractivity contribution in [2.75, 3.05) is 41.7 Å². The summed E-state index contributed by atoms with van der Waals surface area (Å²) < 4.78 is 64.5. The Morgan fingerprint density at radius 1 is 0.500 bits per heavy atom. The normalized spacial score (nSPS) is 15.4. The SMILES string of the molecule is COc1ccc(OP(Oc2c(C)cc(OC)cc2C(C)(C)C)Oc2c(-c3cc(OC)cc(C(C)(C)C)c3OP3OCC(C)(C)CO3)cc(OC)cc2C(C)(C)C)c(C(C)(C)C)c1. The highest BCUT2D eigenvalue weighted by Crippen LogP contribution is 2.58. The lowest BCUT2D eigenvalue weighted by molar-refractivity contribution is 0.0425. The van der Waals surface area contributed by atoms with Crippen molar-refractivity contribution in [1.82, 2.24) is 0 Å². The van der Waals surface area contributed by atoms with Crippen molar-refractivity contribution in [3.63, 3.8) is 0 Å². The number of hydrogen-bond acceptors (Lipinski definition) is 10. The summed E-state index contributed by atoms with van der Waals surface area (Å²) in [6.07, 6.45) is 0. The van der Waals surface area contributed by atoms with Gasteiger partial charge in [0, 0.05) is 38.8 Å². The average Bonchev–Trinajstić information content (AvgIpc) is 3.17.